The summed E-state index contributed by atoms with van der Waals surface area (Å²) in [6.45, 7) is 6.21. The van der Waals surface area contributed by atoms with Gasteiger partial charge >= 0.3 is 0 Å². The van der Waals surface area contributed by atoms with E-state index in [4.69, 9.17) is 6.42 Å². The van der Waals surface area contributed by atoms with Gasteiger partial charge in [-0.05, 0) is 69.6 Å². The fourth-order valence-corrected chi connectivity index (χ4v) is 5.44. The maximum Gasteiger partial charge on any atom is 0.227 e. The van der Waals surface area contributed by atoms with Crippen LogP contribution >= 0.6 is 0 Å². The van der Waals surface area contributed by atoms with Gasteiger partial charge in [0, 0.05) is 0 Å². The molecule has 0 saturated heterocycles. The summed E-state index contributed by atoms with van der Waals surface area (Å²) in [5.74, 6) is 4.44. The lowest BCUT2D eigenvalue weighted by molar-refractivity contribution is -0.156. The SMILES string of the molecule is C#CC(C)(C)NC(=O)C12CC3CC(CC(C)(C3)C1)C2. The Balaban J connectivity index is 1.84. The molecule has 4 bridgehead atoms. The Bertz CT molecular complexity index is 442. The number of rotatable bonds is 2. The molecule has 0 aromatic rings. The van der Waals surface area contributed by atoms with Gasteiger partial charge in [-0.3, -0.25) is 4.79 Å². The summed E-state index contributed by atoms with van der Waals surface area (Å²) >= 11 is 0. The molecule has 0 aliphatic heterocycles. The van der Waals surface area contributed by atoms with Crippen molar-refractivity contribution in [3.63, 3.8) is 0 Å². The van der Waals surface area contributed by atoms with Crippen molar-refractivity contribution in [2.24, 2.45) is 22.7 Å². The van der Waals surface area contributed by atoms with Gasteiger partial charge in [0.25, 0.3) is 0 Å². The topological polar surface area (TPSA) is 29.1 Å². The largest absolute Gasteiger partial charge is 0.340 e. The first kappa shape index (κ1) is 13.0. The number of amides is 1. The van der Waals surface area contributed by atoms with Crippen molar-refractivity contribution in [1.82, 2.24) is 5.32 Å². The van der Waals surface area contributed by atoms with Crippen molar-refractivity contribution < 1.29 is 4.79 Å². The monoisotopic (exact) mass is 259 g/mol. The fourth-order valence-electron chi connectivity index (χ4n) is 5.44. The molecule has 2 unspecified atom stereocenters. The maximum absolute atomic E-state index is 12.8. The zero-order chi connectivity index (χ0) is 13.9. The zero-order valence-corrected chi connectivity index (χ0v) is 12.4. The van der Waals surface area contributed by atoms with E-state index in [2.05, 4.69) is 18.2 Å². The van der Waals surface area contributed by atoms with Crippen LogP contribution in [0.25, 0.3) is 0 Å². The van der Waals surface area contributed by atoms with Gasteiger partial charge in [0.15, 0.2) is 0 Å². The molecule has 2 heteroatoms. The molecule has 4 fully saturated rings. The molecule has 0 spiro atoms. The third kappa shape index (κ3) is 2.08. The molecule has 2 atom stereocenters. The van der Waals surface area contributed by atoms with Gasteiger partial charge in [0.05, 0.1) is 11.0 Å². The van der Waals surface area contributed by atoms with Crippen molar-refractivity contribution in [3.05, 3.63) is 0 Å². The Morgan fingerprint density at radius 2 is 1.84 bits per heavy atom. The van der Waals surface area contributed by atoms with Crippen molar-refractivity contribution in [1.29, 1.82) is 0 Å². The Hall–Kier alpha value is -0.970. The van der Waals surface area contributed by atoms with E-state index < -0.39 is 5.54 Å². The minimum atomic E-state index is -0.526. The highest BCUT2D eigenvalue weighted by Gasteiger charge is 2.59. The van der Waals surface area contributed by atoms with Crippen LogP contribution in [0, 0.1) is 35.0 Å². The van der Waals surface area contributed by atoms with Gasteiger partial charge in [-0.1, -0.05) is 12.8 Å². The third-order valence-corrected chi connectivity index (χ3v) is 5.62. The molecular formula is C17H25NO. The molecule has 2 nitrogen and oxygen atoms in total. The molecule has 4 rings (SSSR count). The molecule has 19 heavy (non-hydrogen) atoms. The van der Waals surface area contributed by atoms with Crippen LogP contribution in [0.5, 0.6) is 0 Å². The summed E-state index contributed by atoms with van der Waals surface area (Å²) in [6, 6.07) is 0. The molecule has 4 aliphatic carbocycles. The quantitative estimate of drug-likeness (QED) is 0.758. The highest BCUT2D eigenvalue weighted by atomic mass is 16.2. The number of nitrogens with one attached hydrogen (secondary N) is 1. The summed E-state index contributed by atoms with van der Waals surface area (Å²) < 4.78 is 0. The Kier molecular flexibility index (Phi) is 2.59. The van der Waals surface area contributed by atoms with E-state index in [9.17, 15) is 4.79 Å². The number of carbonyl (C=O) groups is 1. The lowest BCUT2D eigenvalue weighted by Gasteiger charge is -2.60. The first-order valence-electron chi connectivity index (χ1n) is 7.56. The Morgan fingerprint density at radius 3 is 2.32 bits per heavy atom. The van der Waals surface area contributed by atoms with Crippen LogP contribution in [0.4, 0.5) is 0 Å². The number of hydrogen-bond donors (Lipinski definition) is 1. The molecule has 104 valence electrons. The van der Waals surface area contributed by atoms with E-state index in [1.807, 2.05) is 13.8 Å². The smallest absolute Gasteiger partial charge is 0.227 e. The maximum atomic E-state index is 12.8. The van der Waals surface area contributed by atoms with E-state index in [0.29, 0.717) is 5.41 Å². The van der Waals surface area contributed by atoms with Crippen LogP contribution in [-0.2, 0) is 4.79 Å². The lowest BCUT2D eigenvalue weighted by atomic mass is 9.44. The molecule has 4 aliphatic rings. The van der Waals surface area contributed by atoms with Gasteiger partial charge in [-0.2, -0.15) is 0 Å². The van der Waals surface area contributed by atoms with Crippen molar-refractivity contribution in [2.75, 3.05) is 0 Å². The molecule has 0 aromatic carbocycles. The minimum absolute atomic E-state index is 0.118. The van der Waals surface area contributed by atoms with Crippen molar-refractivity contribution >= 4 is 5.91 Å². The van der Waals surface area contributed by atoms with Crippen LogP contribution in [0.15, 0.2) is 0 Å². The average molecular weight is 259 g/mol. The number of hydrogen-bond acceptors (Lipinski definition) is 1. The summed E-state index contributed by atoms with van der Waals surface area (Å²) in [6.07, 6.45) is 12.8. The molecule has 0 heterocycles. The van der Waals surface area contributed by atoms with Gasteiger partial charge in [-0.15, -0.1) is 6.42 Å². The average Bonchev–Trinajstić information content (AvgIpc) is 2.25. The summed E-state index contributed by atoms with van der Waals surface area (Å²) in [5, 5.41) is 3.11. The van der Waals surface area contributed by atoms with Crippen molar-refractivity contribution in [3.8, 4) is 12.3 Å². The second-order valence-electron chi connectivity index (χ2n) is 8.28. The van der Waals surface area contributed by atoms with E-state index in [1.54, 1.807) is 0 Å². The van der Waals surface area contributed by atoms with Crippen LogP contribution in [-0.4, -0.2) is 11.4 Å². The van der Waals surface area contributed by atoms with Crippen molar-refractivity contribution in [2.45, 2.75) is 64.8 Å². The highest BCUT2D eigenvalue weighted by molar-refractivity contribution is 5.84. The molecule has 1 amide bonds. The molecular weight excluding hydrogens is 234 g/mol. The normalized spacial score (nSPS) is 43.9. The van der Waals surface area contributed by atoms with Gasteiger partial charge in [-0.25, -0.2) is 0 Å². The van der Waals surface area contributed by atoms with E-state index in [0.717, 1.165) is 31.1 Å². The second kappa shape index (κ2) is 3.78. The zero-order valence-electron chi connectivity index (χ0n) is 12.4. The fraction of sp³-hybridized carbons (Fsp3) is 0.824. The summed E-state index contributed by atoms with van der Waals surface area (Å²) in [5.41, 5.74) is -0.240. The molecule has 0 radical (unpaired) electrons. The molecule has 0 aromatic heterocycles. The summed E-state index contributed by atoms with van der Waals surface area (Å²) in [4.78, 5) is 12.8. The number of carbonyl (C=O) groups excluding carboxylic acids is 1. The molecule has 4 saturated carbocycles. The highest BCUT2D eigenvalue weighted by Crippen LogP contribution is 2.65. The van der Waals surface area contributed by atoms with Crippen LogP contribution < -0.4 is 5.32 Å². The third-order valence-electron chi connectivity index (χ3n) is 5.62. The lowest BCUT2D eigenvalue weighted by Crippen LogP contribution is -2.59. The summed E-state index contributed by atoms with van der Waals surface area (Å²) in [7, 11) is 0. The first-order chi connectivity index (χ1) is 8.76. The second-order valence-corrected chi connectivity index (χ2v) is 8.28. The van der Waals surface area contributed by atoms with Gasteiger partial charge in [0.1, 0.15) is 0 Å². The predicted octanol–water partition coefficient (Wildman–Crippen LogP) is 3.12. The van der Waals surface area contributed by atoms with Crippen LogP contribution in [0.1, 0.15) is 59.3 Å². The van der Waals surface area contributed by atoms with Gasteiger partial charge in [0.2, 0.25) is 5.91 Å². The number of terminal acetylenes is 1. The predicted molar refractivity (Wildman–Crippen MR) is 76.3 cm³/mol. The standard InChI is InChI=1S/C17H25NO/c1-5-15(2,3)18-14(19)17-9-12-6-13(10-17)8-16(4,7-12)11-17/h1,12-13H,6-11H2,2-4H3,(H,18,19). The Morgan fingerprint density at radius 1 is 1.26 bits per heavy atom. The Labute approximate surface area is 116 Å². The van der Waals surface area contributed by atoms with Gasteiger partial charge < -0.3 is 5.32 Å². The van der Waals surface area contributed by atoms with E-state index in [1.165, 1.54) is 19.3 Å². The minimum Gasteiger partial charge on any atom is -0.340 e. The van der Waals surface area contributed by atoms with E-state index >= 15 is 0 Å². The first-order valence-corrected chi connectivity index (χ1v) is 7.56. The van der Waals surface area contributed by atoms with E-state index in [-0.39, 0.29) is 11.3 Å². The molecule has 1 N–H and O–H groups in total. The van der Waals surface area contributed by atoms with Crippen LogP contribution in [0.2, 0.25) is 0 Å². The van der Waals surface area contributed by atoms with Crippen LogP contribution in [0.3, 0.4) is 0 Å².